The Labute approximate surface area is 129 Å². The van der Waals surface area contributed by atoms with Crippen LogP contribution in [0.4, 0.5) is 0 Å². The van der Waals surface area contributed by atoms with E-state index in [1.54, 1.807) is 24.3 Å². The van der Waals surface area contributed by atoms with Crippen molar-refractivity contribution in [2.75, 3.05) is 6.61 Å². The van der Waals surface area contributed by atoms with Crippen molar-refractivity contribution in [2.24, 2.45) is 0 Å². The number of hydrogen-bond donors (Lipinski definition) is 0. The van der Waals surface area contributed by atoms with Crippen LogP contribution in [0.25, 0.3) is 0 Å². The highest BCUT2D eigenvalue weighted by Gasteiger charge is 2.10. The molecule has 0 aliphatic rings. The SMILES string of the molecule is Cc1cc(C)c(C)c(OCC(=O)Oc2ccccc2Cl)c1. The first-order valence-electron chi connectivity index (χ1n) is 6.63. The van der Waals surface area contributed by atoms with Gasteiger partial charge in [0.2, 0.25) is 0 Å². The Bertz CT molecular complexity index is 665. The van der Waals surface area contributed by atoms with E-state index < -0.39 is 5.97 Å². The number of rotatable bonds is 4. The van der Waals surface area contributed by atoms with Gasteiger partial charge in [-0.25, -0.2) is 4.79 Å². The van der Waals surface area contributed by atoms with E-state index in [2.05, 4.69) is 6.07 Å². The molecule has 0 bridgehead atoms. The van der Waals surface area contributed by atoms with Gasteiger partial charge in [-0.1, -0.05) is 29.8 Å². The van der Waals surface area contributed by atoms with Gasteiger partial charge >= 0.3 is 5.97 Å². The lowest BCUT2D eigenvalue weighted by atomic mass is 10.1. The summed E-state index contributed by atoms with van der Waals surface area (Å²) in [6.45, 7) is 5.80. The molecule has 4 heteroatoms. The van der Waals surface area contributed by atoms with Crippen LogP contribution in [0, 0.1) is 20.8 Å². The minimum Gasteiger partial charge on any atom is -0.482 e. The van der Waals surface area contributed by atoms with Gasteiger partial charge in [-0.15, -0.1) is 0 Å². The molecule has 0 fully saturated rings. The quantitative estimate of drug-likeness (QED) is 0.626. The fourth-order valence-electron chi connectivity index (χ4n) is 1.97. The van der Waals surface area contributed by atoms with E-state index in [1.165, 1.54) is 0 Å². The molecule has 0 N–H and O–H groups in total. The van der Waals surface area contributed by atoms with Crippen molar-refractivity contribution in [3.05, 3.63) is 58.1 Å². The van der Waals surface area contributed by atoms with Gasteiger partial charge in [0.05, 0.1) is 5.02 Å². The van der Waals surface area contributed by atoms with Crippen molar-refractivity contribution in [3.8, 4) is 11.5 Å². The Kier molecular flexibility index (Phi) is 4.86. The van der Waals surface area contributed by atoms with Gasteiger partial charge in [0.1, 0.15) is 11.5 Å². The number of benzene rings is 2. The largest absolute Gasteiger partial charge is 0.482 e. The first-order chi connectivity index (χ1) is 9.97. The maximum absolute atomic E-state index is 11.8. The Hall–Kier alpha value is -2.00. The van der Waals surface area contributed by atoms with Crippen LogP contribution in [0.15, 0.2) is 36.4 Å². The van der Waals surface area contributed by atoms with Gasteiger partial charge < -0.3 is 9.47 Å². The Morgan fingerprint density at radius 2 is 1.81 bits per heavy atom. The zero-order valence-electron chi connectivity index (χ0n) is 12.3. The fraction of sp³-hybridized carbons (Fsp3) is 0.235. The lowest BCUT2D eigenvalue weighted by Crippen LogP contribution is -2.18. The molecule has 0 aliphatic carbocycles. The van der Waals surface area contributed by atoms with Gasteiger partial charge in [0, 0.05) is 0 Å². The second-order valence-corrected chi connectivity index (χ2v) is 5.31. The topological polar surface area (TPSA) is 35.5 Å². The van der Waals surface area contributed by atoms with Gasteiger partial charge in [0.25, 0.3) is 0 Å². The summed E-state index contributed by atoms with van der Waals surface area (Å²) in [7, 11) is 0. The second kappa shape index (κ2) is 6.64. The fourth-order valence-corrected chi connectivity index (χ4v) is 2.14. The summed E-state index contributed by atoms with van der Waals surface area (Å²) in [4.78, 5) is 11.8. The summed E-state index contributed by atoms with van der Waals surface area (Å²) in [5, 5.41) is 0.397. The number of para-hydroxylation sites is 1. The minimum atomic E-state index is -0.485. The number of esters is 1. The van der Waals surface area contributed by atoms with Gasteiger partial charge in [-0.3, -0.25) is 0 Å². The third-order valence-corrected chi connectivity index (χ3v) is 3.48. The van der Waals surface area contributed by atoms with Crippen LogP contribution >= 0.6 is 11.6 Å². The maximum Gasteiger partial charge on any atom is 0.349 e. The molecular formula is C17H17ClO3. The number of halogens is 1. The zero-order valence-corrected chi connectivity index (χ0v) is 13.0. The van der Waals surface area contributed by atoms with Crippen LogP contribution < -0.4 is 9.47 Å². The Morgan fingerprint density at radius 3 is 2.52 bits per heavy atom. The number of ether oxygens (including phenoxy) is 2. The molecule has 2 aromatic rings. The smallest absolute Gasteiger partial charge is 0.349 e. The third-order valence-electron chi connectivity index (χ3n) is 3.17. The zero-order chi connectivity index (χ0) is 15.4. The molecule has 3 nitrogen and oxygen atoms in total. The summed E-state index contributed by atoms with van der Waals surface area (Å²) in [5.74, 6) is 0.551. The highest BCUT2D eigenvalue weighted by Crippen LogP contribution is 2.25. The van der Waals surface area contributed by atoms with E-state index in [1.807, 2.05) is 26.8 Å². The molecule has 0 saturated heterocycles. The van der Waals surface area contributed by atoms with Gasteiger partial charge in [-0.2, -0.15) is 0 Å². The van der Waals surface area contributed by atoms with Crippen LogP contribution in [-0.2, 0) is 4.79 Å². The summed E-state index contributed by atoms with van der Waals surface area (Å²) in [6.07, 6.45) is 0. The van der Waals surface area contributed by atoms with Crippen molar-refractivity contribution in [2.45, 2.75) is 20.8 Å². The highest BCUT2D eigenvalue weighted by molar-refractivity contribution is 6.32. The second-order valence-electron chi connectivity index (χ2n) is 4.90. The predicted molar refractivity (Wildman–Crippen MR) is 83.2 cm³/mol. The van der Waals surface area contributed by atoms with E-state index in [-0.39, 0.29) is 6.61 Å². The molecule has 0 radical (unpaired) electrons. The number of carbonyl (C=O) groups excluding carboxylic acids is 1. The van der Waals surface area contributed by atoms with Crippen LogP contribution in [0.3, 0.4) is 0 Å². The normalized spacial score (nSPS) is 10.3. The highest BCUT2D eigenvalue weighted by atomic mass is 35.5. The van der Waals surface area contributed by atoms with E-state index in [9.17, 15) is 4.79 Å². The summed E-state index contributed by atoms with van der Waals surface area (Å²) in [5.41, 5.74) is 3.24. The first kappa shape index (κ1) is 15.4. The maximum atomic E-state index is 11.8. The molecule has 0 amide bonds. The number of hydrogen-bond acceptors (Lipinski definition) is 3. The molecule has 0 unspecified atom stereocenters. The molecule has 110 valence electrons. The average Bonchev–Trinajstić information content (AvgIpc) is 2.44. The van der Waals surface area contributed by atoms with Gasteiger partial charge in [-0.05, 0) is 55.7 Å². The standard InChI is InChI=1S/C17H17ClO3/c1-11-8-12(2)13(3)16(9-11)20-10-17(19)21-15-7-5-4-6-14(15)18/h4-9H,10H2,1-3H3. The lowest BCUT2D eigenvalue weighted by molar-refractivity contribution is -0.136. The average molecular weight is 305 g/mol. The summed E-state index contributed by atoms with van der Waals surface area (Å²) in [6, 6.07) is 10.8. The minimum absolute atomic E-state index is 0.158. The van der Waals surface area contributed by atoms with Crippen molar-refractivity contribution in [1.82, 2.24) is 0 Å². The number of aryl methyl sites for hydroxylation is 2. The molecule has 0 aliphatic heterocycles. The summed E-state index contributed by atoms with van der Waals surface area (Å²) >= 11 is 5.93. The van der Waals surface area contributed by atoms with E-state index in [0.29, 0.717) is 16.5 Å². The van der Waals surface area contributed by atoms with E-state index in [4.69, 9.17) is 21.1 Å². The summed E-state index contributed by atoms with van der Waals surface area (Å²) < 4.78 is 10.7. The molecule has 21 heavy (non-hydrogen) atoms. The Balaban J connectivity index is 2.00. The molecular weight excluding hydrogens is 288 g/mol. The lowest BCUT2D eigenvalue weighted by Gasteiger charge is -2.12. The van der Waals surface area contributed by atoms with Gasteiger partial charge in [0.15, 0.2) is 6.61 Å². The van der Waals surface area contributed by atoms with Crippen molar-refractivity contribution >= 4 is 17.6 Å². The van der Waals surface area contributed by atoms with Crippen molar-refractivity contribution in [3.63, 3.8) is 0 Å². The molecule has 0 spiro atoms. The van der Waals surface area contributed by atoms with Crippen molar-refractivity contribution < 1.29 is 14.3 Å². The van der Waals surface area contributed by atoms with Crippen LogP contribution in [0.1, 0.15) is 16.7 Å². The van der Waals surface area contributed by atoms with E-state index >= 15 is 0 Å². The molecule has 2 rings (SSSR count). The molecule has 2 aromatic carbocycles. The predicted octanol–water partition coefficient (Wildman–Crippen LogP) is 4.25. The first-order valence-corrected chi connectivity index (χ1v) is 7.01. The van der Waals surface area contributed by atoms with Crippen LogP contribution in [-0.4, -0.2) is 12.6 Å². The monoisotopic (exact) mass is 304 g/mol. The number of carbonyl (C=O) groups is 1. The van der Waals surface area contributed by atoms with Crippen molar-refractivity contribution in [1.29, 1.82) is 0 Å². The molecule has 0 saturated carbocycles. The molecule has 0 atom stereocenters. The van der Waals surface area contributed by atoms with E-state index in [0.717, 1.165) is 16.7 Å². The van der Waals surface area contributed by atoms with Crippen LogP contribution in [0.5, 0.6) is 11.5 Å². The Morgan fingerprint density at radius 1 is 1.10 bits per heavy atom. The molecule has 0 heterocycles. The van der Waals surface area contributed by atoms with Crippen LogP contribution in [0.2, 0.25) is 5.02 Å². The molecule has 0 aromatic heterocycles. The third kappa shape index (κ3) is 3.99.